The number of fused-ring (bicyclic) bond motifs is 1. The van der Waals surface area contributed by atoms with Crippen molar-refractivity contribution in [2.75, 3.05) is 5.32 Å². The van der Waals surface area contributed by atoms with Crippen molar-refractivity contribution in [1.29, 1.82) is 0 Å². The summed E-state index contributed by atoms with van der Waals surface area (Å²) in [4.78, 5) is 27.7. The van der Waals surface area contributed by atoms with Gasteiger partial charge in [0, 0.05) is 22.4 Å². The molecule has 4 nitrogen and oxygen atoms in total. The molecule has 0 radical (unpaired) electrons. The lowest BCUT2D eigenvalue weighted by molar-refractivity contribution is 0.100. The Hall–Kier alpha value is -2.12. The average Bonchev–Trinajstić information content (AvgIpc) is 3.05. The van der Waals surface area contributed by atoms with Crippen molar-refractivity contribution in [1.82, 2.24) is 4.98 Å². The summed E-state index contributed by atoms with van der Waals surface area (Å²) in [6.45, 7) is 1.41. The molecule has 21 heavy (non-hydrogen) atoms. The number of ketones is 1. The van der Waals surface area contributed by atoms with Gasteiger partial charge >= 0.3 is 0 Å². The summed E-state index contributed by atoms with van der Waals surface area (Å²) in [7, 11) is 0. The second-order valence-electron chi connectivity index (χ2n) is 4.31. The average molecular weight is 320 g/mol. The first-order chi connectivity index (χ1) is 10.0. The van der Waals surface area contributed by atoms with Crippen LogP contribution in [-0.2, 0) is 0 Å². The fourth-order valence-corrected chi connectivity index (χ4v) is 3.50. The first kappa shape index (κ1) is 13.8. The highest BCUT2D eigenvalue weighted by atomic mass is 32.1. The number of benzene rings is 1. The Balaban J connectivity index is 1.86. The van der Waals surface area contributed by atoms with Crippen LogP contribution < -0.4 is 5.32 Å². The lowest BCUT2D eigenvalue weighted by Crippen LogP contribution is -2.10. The zero-order chi connectivity index (χ0) is 15.0. The molecular formula is C14H9FN2O2S2. The lowest BCUT2D eigenvalue weighted by Gasteiger charge is -1.97. The fraction of sp³-hybridized carbons (Fsp3) is 0.0714. The number of halogens is 1. The number of nitrogens with zero attached hydrogens (tertiary/aromatic N) is 1. The number of rotatable bonds is 3. The molecule has 0 spiro atoms. The minimum atomic E-state index is -0.361. The van der Waals surface area contributed by atoms with Gasteiger partial charge in [-0.1, -0.05) is 6.07 Å². The number of nitrogens with one attached hydrogen (secondary N) is 1. The largest absolute Gasteiger partial charge is 0.297 e. The van der Waals surface area contributed by atoms with E-state index >= 15 is 0 Å². The number of aromatic nitrogens is 1. The predicted octanol–water partition coefficient (Wildman–Crippen LogP) is 3.95. The molecule has 106 valence electrons. The molecule has 0 fully saturated rings. The SMILES string of the molecule is CC(=O)c1csc(NC(=O)c2cc3c(F)cccc3s2)n1. The van der Waals surface area contributed by atoms with Gasteiger partial charge in [0.05, 0.1) is 4.88 Å². The second-order valence-corrected chi connectivity index (χ2v) is 6.25. The van der Waals surface area contributed by atoms with E-state index in [1.54, 1.807) is 17.5 Å². The molecule has 0 unspecified atom stereocenters. The topological polar surface area (TPSA) is 59.1 Å². The van der Waals surface area contributed by atoms with Crippen LogP contribution in [0.15, 0.2) is 29.6 Å². The standard InChI is InChI=1S/C14H9FN2O2S2/c1-7(18)10-6-20-14(16-10)17-13(19)12-5-8-9(15)3-2-4-11(8)21-12/h2-6H,1H3,(H,16,17,19). The van der Waals surface area contributed by atoms with Gasteiger partial charge in [-0.3, -0.25) is 14.9 Å². The zero-order valence-corrected chi connectivity index (χ0v) is 12.5. The molecule has 0 atom stereocenters. The van der Waals surface area contributed by atoms with Crippen molar-refractivity contribution < 1.29 is 14.0 Å². The summed E-state index contributed by atoms with van der Waals surface area (Å²) in [5.74, 6) is -0.869. The summed E-state index contributed by atoms with van der Waals surface area (Å²) in [5, 5.41) is 4.98. The van der Waals surface area contributed by atoms with Gasteiger partial charge < -0.3 is 0 Å². The Bertz CT molecular complexity index is 854. The van der Waals surface area contributed by atoms with Crippen LogP contribution in [0.25, 0.3) is 10.1 Å². The highest BCUT2D eigenvalue weighted by Crippen LogP contribution is 2.28. The van der Waals surface area contributed by atoms with Crippen LogP contribution in [0.5, 0.6) is 0 Å². The summed E-state index contributed by atoms with van der Waals surface area (Å²) >= 11 is 2.39. The van der Waals surface area contributed by atoms with Gasteiger partial charge in [0.2, 0.25) is 0 Å². The van der Waals surface area contributed by atoms with Gasteiger partial charge in [0.15, 0.2) is 10.9 Å². The van der Waals surface area contributed by atoms with Crippen molar-refractivity contribution in [2.45, 2.75) is 6.92 Å². The maximum atomic E-state index is 13.6. The van der Waals surface area contributed by atoms with Gasteiger partial charge in [-0.2, -0.15) is 0 Å². The molecule has 1 N–H and O–H groups in total. The third kappa shape index (κ3) is 2.70. The van der Waals surface area contributed by atoms with Gasteiger partial charge in [-0.05, 0) is 18.2 Å². The number of anilines is 1. The van der Waals surface area contributed by atoms with E-state index in [0.29, 0.717) is 25.8 Å². The van der Waals surface area contributed by atoms with Crippen molar-refractivity contribution >= 4 is 49.6 Å². The number of amides is 1. The van der Waals surface area contributed by atoms with Crippen LogP contribution in [0.3, 0.4) is 0 Å². The Labute approximate surface area is 127 Å². The Morgan fingerprint density at radius 2 is 2.14 bits per heavy atom. The van der Waals surface area contributed by atoms with E-state index < -0.39 is 0 Å². The second kappa shape index (κ2) is 5.34. The molecule has 2 heterocycles. The van der Waals surface area contributed by atoms with E-state index in [1.165, 1.54) is 41.7 Å². The molecule has 1 amide bonds. The first-order valence-electron chi connectivity index (χ1n) is 6.00. The number of carbonyl (C=O) groups excluding carboxylic acids is 2. The molecule has 0 saturated heterocycles. The Morgan fingerprint density at radius 1 is 1.33 bits per heavy atom. The molecule has 0 bridgehead atoms. The molecular weight excluding hydrogens is 311 g/mol. The van der Waals surface area contributed by atoms with Crippen molar-refractivity contribution in [3.8, 4) is 0 Å². The van der Waals surface area contributed by atoms with Crippen LogP contribution >= 0.6 is 22.7 Å². The van der Waals surface area contributed by atoms with Gasteiger partial charge in [0.1, 0.15) is 11.5 Å². The third-order valence-corrected chi connectivity index (χ3v) is 4.67. The van der Waals surface area contributed by atoms with Gasteiger partial charge in [0.25, 0.3) is 5.91 Å². The molecule has 0 aliphatic heterocycles. The minimum absolute atomic E-state index is 0.157. The number of hydrogen-bond donors (Lipinski definition) is 1. The summed E-state index contributed by atoms with van der Waals surface area (Å²) in [5.41, 5.74) is 0.317. The van der Waals surface area contributed by atoms with E-state index in [4.69, 9.17) is 0 Å². The summed E-state index contributed by atoms with van der Waals surface area (Å²) in [6, 6.07) is 6.24. The molecule has 3 aromatic rings. The predicted molar refractivity (Wildman–Crippen MR) is 81.9 cm³/mol. The minimum Gasteiger partial charge on any atom is -0.297 e. The molecule has 0 aliphatic rings. The molecule has 2 aromatic heterocycles. The van der Waals surface area contributed by atoms with Crippen LogP contribution in [0, 0.1) is 5.82 Å². The highest BCUT2D eigenvalue weighted by Gasteiger charge is 2.14. The van der Waals surface area contributed by atoms with E-state index in [2.05, 4.69) is 10.3 Å². The first-order valence-corrected chi connectivity index (χ1v) is 7.70. The van der Waals surface area contributed by atoms with Crippen LogP contribution in [0.1, 0.15) is 27.1 Å². The lowest BCUT2D eigenvalue weighted by atomic mass is 10.2. The van der Waals surface area contributed by atoms with Crippen LogP contribution in [0.4, 0.5) is 9.52 Å². The number of carbonyl (C=O) groups is 2. The van der Waals surface area contributed by atoms with E-state index in [-0.39, 0.29) is 17.5 Å². The monoisotopic (exact) mass is 320 g/mol. The zero-order valence-electron chi connectivity index (χ0n) is 10.8. The molecule has 0 saturated carbocycles. The van der Waals surface area contributed by atoms with E-state index in [1.807, 2.05) is 0 Å². The molecule has 7 heteroatoms. The van der Waals surface area contributed by atoms with Crippen molar-refractivity contribution in [2.24, 2.45) is 0 Å². The fourth-order valence-electron chi connectivity index (χ4n) is 1.79. The summed E-state index contributed by atoms with van der Waals surface area (Å²) in [6.07, 6.45) is 0. The summed E-state index contributed by atoms with van der Waals surface area (Å²) < 4.78 is 14.3. The van der Waals surface area contributed by atoms with Crippen molar-refractivity contribution in [3.63, 3.8) is 0 Å². The maximum absolute atomic E-state index is 13.6. The highest BCUT2D eigenvalue weighted by molar-refractivity contribution is 7.21. The quantitative estimate of drug-likeness (QED) is 0.743. The molecule has 0 aliphatic carbocycles. The number of thiophene rings is 1. The van der Waals surface area contributed by atoms with E-state index in [9.17, 15) is 14.0 Å². The third-order valence-electron chi connectivity index (χ3n) is 2.82. The number of Topliss-reactive ketones (excluding diaryl/α,β-unsaturated/α-hetero) is 1. The maximum Gasteiger partial charge on any atom is 0.267 e. The number of hydrogen-bond acceptors (Lipinski definition) is 5. The van der Waals surface area contributed by atoms with Crippen LogP contribution in [-0.4, -0.2) is 16.7 Å². The Kier molecular flexibility index (Phi) is 3.52. The normalized spacial score (nSPS) is 10.8. The van der Waals surface area contributed by atoms with Gasteiger partial charge in [-0.15, -0.1) is 22.7 Å². The smallest absolute Gasteiger partial charge is 0.267 e. The molecule has 1 aromatic carbocycles. The Morgan fingerprint density at radius 3 is 2.81 bits per heavy atom. The number of thiazole rings is 1. The molecule has 3 rings (SSSR count). The van der Waals surface area contributed by atoms with Crippen LogP contribution in [0.2, 0.25) is 0 Å². The van der Waals surface area contributed by atoms with Crippen molar-refractivity contribution in [3.05, 3.63) is 46.0 Å². The van der Waals surface area contributed by atoms with E-state index in [0.717, 1.165) is 0 Å². The van der Waals surface area contributed by atoms with Gasteiger partial charge in [-0.25, -0.2) is 9.37 Å².